The van der Waals surface area contributed by atoms with E-state index in [1.54, 1.807) is 0 Å². The molecule has 4 rings (SSSR count). The number of benzene rings is 2. The van der Waals surface area contributed by atoms with Crippen molar-refractivity contribution >= 4 is 18.9 Å². The summed E-state index contributed by atoms with van der Waals surface area (Å²) in [5.74, 6) is -6.47. The average Bonchev–Trinajstić information content (AvgIpc) is 2.98. The first kappa shape index (κ1) is 27.7. The third-order valence-electron chi connectivity index (χ3n) is 5.99. The molecule has 1 N–H and O–H groups in total. The van der Waals surface area contributed by atoms with Crippen molar-refractivity contribution in [1.29, 1.82) is 0 Å². The average molecular weight is 467 g/mol. The number of alkyl halides is 2. The van der Waals surface area contributed by atoms with Gasteiger partial charge in [0.25, 0.3) is 0 Å². The van der Waals surface area contributed by atoms with Crippen LogP contribution in [-0.2, 0) is 10.2 Å². The summed E-state index contributed by atoms with van der Waals surface area (Å²) in [6.45, 7) is 0. The number of rotatable bonds is 4. The molecule has 0 saturated heterocycles. The SMILES string of the molecule is O=C1Nc2c(ccc(F)c2F)C1(c1ccc(OB([O-])[O-])cc1)C1CCC(F)(F)CC1.[Na+].[Na+]. The van der Waals surface area contributed by atoms with E-state index < -0.39 is 55.0 Å². The molecule has 1 atom stereocenters. The largest absolute Gasteiger partial charge is 1.00 e. The number of amides is 1. The molecule has 1 fully saturated rings. The maximum absolute atomic E-state index is 14.4. The summed E-state index contributed by atoms with van der Waals surface area (Å²) in [4.78, 5) is 13.2. The molecular formula is C20H16BF4NNa2O4. The number of nitrogens with one attached hydrogen (secondary N) is 1. The summed E-state index contributed by atoms with van der Waals surface area (Å²) < 4.78 is 60.3. The maximum Gasteiger partial charge on any atom is 1.00 e. The molecule has 12 heteroatoms. The van der Waals surface area contributed by atoms with Crippen molar-refractivity contribution in [3.63, 3.8) is 0 Å². The van der Waals surface area contributed by atoms with Gasteiger partial charge in [0.1, 0.15) is 12.7 Å². The van der Waals surface area contributed by atoms with Gasteiger partial charge in [-0.25, -0.2) is 17.6 Å². The summed E-state index contributed by atoms with van der Waals surface area (Å²) in [6, 6.07) is 7.66. The van der Waals surface area contributed by atoms with Crippen molar-refractivity contribution in [2.75, 3.05) is 5.32 Å². The molecule has 2 aromatic rings. The molecule has 32 heavy (non-hydrogen) atoms. The van der Waals surface area contributed by atoms with Gasteiger partial charge in [0, 0.05) is 12.8 Å². The number of carbonyl (C=O) groups excluding carboxylic acids is 1. The minimum absolute atomic E-state index is 0. The van der Waals surface area contributed by atoms with E-state index in [2.05, 4.69) is 9.97 Å². The standard InChI is InChI=1S/C20H16BF4NO4.2Na/c22-15-6-5-14-17(16(15)23)26-18(27)20(14,12-7-9-19(24,25)10-8-12)11-1-3-13(4-2-11)30-21(28)29;;/h1-6,12H,7-10H2,(H,26,27);;/q-2;2*+1. The first-order chi connectivity index (χ1) is 14.1. The van der Waals surface area contributed by atoms with E-state index in [4.69, 9.17) is 0 Å². The van der Waals surface area contributed by atoms with Crippen LogP contribution in [0, 0.1) is 17.6 Å². The van der Waals surface area contributed by atoms with Crippen molar-refractivity contribution in [3.8, 4) is 5.75 Å². The van der Waals surface area contributed by atoms with Gasteiger partial charge in [-0.05, 0) is 48.1 Å². The van der Waals surface area contributed by atoms with Gasteiger partial charge >= 0.3 is 59.1 Å². The molecule has 2 aromatic carbocycles. The summed E-state index contributed by atoms with van der Waals surface area (Å²) in [5, 5.41) is 23.8. The van der Waals surface area contributed by atoms with Crippen LogP contribution in [0.5, 0.6) is 5.75 Å². The smallest absolute Gasteiger partial charge is 0.860 e. The fraction of sp³-hybridized carbons (Fsp3) is 0.350. The molecule has 1 aliphatic carbocycles. The van der Waals surface area contributed by atoms with Crippen LogP contribution in [0.4, 0.5) is 23.2 Å². The van der Waals surface area contributed by atoms with Gasteiger partial charge in [-0.3, -0.25) is 4.79 Å². The zero-order chi connectivity index (χ0) is 21.7. The van der Waals surface area contributed by atoms with E-state index in [1.807, 2.05) is 0 Å². The zero-order valence-electron chi connectivity index (χ0n) is 17.6. The first-order valence-electron chi connectivity index (χ1n) is 9.42. The van der Waals surface area contributed by atoms with Crippen molar-refractivity contribution in [2.45, 2.75) is 37.0 Å². The van der Waals surface area contributed by atoms with Crippen LogP contribution in [0.1, 0.15) is 36.8 Å². The molecule has 1 saturated carbocycles. The predicted octanol–water partition coefficient (Wildman–Crippen LogP) is -3.88. The van der Waals surface area contributed by atoms with Gasteiger partial charge in [0.15, 0.2) is 11.6 Å². The fourth-order valence-corrected chi connectivity index (χ4v) is 4.64. The quantitative estimate of drug-likeness (QED) is 0.369. The van der Waals surface area contributed by atoms with E-state index in [0.717, 1.165) is 6.07 Å². The van der Waals surface area contributed by atoms with Crippen molar-refractivity contribution in [1.82, 2.24) is 0 Å². The van der Waals surface area contributed by atoms with Crippen LogP contribution in [0.2, 0.25) is 0 Å². The zero-order valence-corrected chi connectivity index (χ0v) is 21.6. The Hall–Kier alpha value is -0.585. The third-order valence-corrected chi connectivity index (χ3v) is 5.99. The van der Waals surface area contributed by atoms with Gasteiger partial charge in [-0.1, -0.05) is 18.2 Å². The van der Waals surface area contributed by atoms with Gasteiger partial charge in [0.05, 0.1) is 11.4 Å². The molecule has 158 valence electrons. The molecule has 0 aromatic heterocycles. The van der Waals surface area contributed by atoms with E-state index in [1.165, 1.54) is 30.3 Å². The predicted molar refractivity (Wildman–Crippen MR) is 95.5 cm³/mol. The molecule has 1 heterocycles. The number of fused-ring (bicyclic) bond motifs is 1. The van der Waals surface area contributed by atoms with E-state index in [-0.39, 0.29) is 89.0 Å². The van der Waals surface area contributed by atoms with Crippen LogP contribution in [0.15, 0.2) is 36.4 Å². The molecule has 1 unspecified atom stereocenters. The Morgan fingerprint density at radius 2 is 1.59 bits per heavy atom. The van der Waals surface area contributed by atoms with Crippen molar-refractivity contribution in [2.24, 2.45) is 5.92 Å². The minimum atomic E-state index is -2.85. The van der Waals surface area contributed by atoms with Gasteiger partial charge in [-0.15, -0.1) is 0 Å². The summed E-state index contributed by atoms with van der Waals surface area (Å²) in [6.07, 6.45) is -0.859. The Bertz CT molecular complexity index is 986. The molecule has 0 radical (unpaired) electrons. The second-order valence-corrected chi connectivity index (χ2v) is 7.61. The van der Waals surface area contributed by atoms with Crippen LogP contribution in [0.3, 0.4) is 0 Å². The molecule has 1 amide bonds. The number of hydrogen-bond donors (Lipinski definition) is 1. The molecule has 0 bridgehead atoms. The van der Waals surface area contributed by atoms with Crippen LogP contribution in [0.25, 0.3) is 0 Å². The van der Waals surface area contributed by atoms with Gasteiger partial charge in [-0.2, -0.15) is 0 Å². The van der Waals surface area contributed by atoms with E-state index >= 15 is 0 Å². The third kappa shape index (κ3) is 4.79. The summed E-state index contributed by atoms with van der Waals surface area (Å²) in [7, 11) is -2.54. The maximum atomic E-state index is 14.4. The van der Waals surface area contributed by atoms with Gasteiger partial charge in [0.2, 0.25) is 11.8 Å². The van der Waals surface area contributed by atoms with Crippen molar-refractivity contribution < 1.29 is 96.2 Å². The van der Waals surface area contributed by atoms with Gasteiger partial charge < -0.3 is 20.0 Å². The number of anilines is 1. The second kappa shape index (κ2) is 10.4. The Morgan fingerprint density at radius 3 is 2.16 bits per heavy atom. The number of hydrogen-bond acceptors (Lipinski definition) is 4. The number of halogens is 4. The van der Waals surface area contributed by atoms with E-state index in [0.29, 0.717) is 5.56 Å². The molecule has 5 nitrogen and oxygen atoms in total. The molecule has 2 aliphatic rings. The van der Waals surface area contributed by atoms with Crippen LogP contribution >= 0.6 is 0 Å². The normalized spacial score (nSPS) is 21.6. The first-order valence-corrected chi connectivity index (χ1v) is 9.42. The molecule has 0 spiro atoms. The number of carbonyl (C=O) groups is 1. The Kier molecular flexibility index (Phi) is 8.95. The van der Waals surface area contributed by atoms with Crippen LogP contribution in [-0.4, -0.2) is 19.2 Å². The second-order valence-electron chi connectivity index (χ2n) is 7.61. The van der Waals surface area contributed by atoms with Crippen molar-refractivity contribution in [3.05, 3.63) is 59.2 Å². The molecule has 1 aliphatic heterocycles. The molecular weight excluding hydrogens is 451 g/mol. The van der Waals surface area contributed by atoms with E-state index in [9.17, 15) is 32.4 Å². The van der Waals surface area contributed by atoms with Crippen LogP contribution < -0.4 is 79.1 Å². The fourth-order valence-electron chi connectivity index (χ4n) is 4.64. The Labute approximate surface area is 226 Å². The monoisotopic (exact) mass is 467 g/mol. The Balaban J connectivity index is 0.00000181. The minimum Gasteiger partial charge on any atom is -0.860 e. The topological polar surface area (TPSA) is 84.5 Å². The summed E-state index contributed by atoms with van der Waals surface area (Å²) in [5.41, 5.74) is -1.31. The summed E-state index contributed by atoms with van der Waals surface area (Å²) >= 11 is 0. The Morgan fingerprint density at radius 1 is 1.00 bits per heavy atom.